The second-order valence-electron chi connectivity index (χ2n) is 9.90. The van der Waals surface area contributed by atoms with Crippen molar-refractivity contribution >= 4 is 17.0 Å². The molecule has 4 rings (SSSR count). The van der Waals surface area contributed by atoms with Crippen molar-refractivity contribution in [3.63, 3.8) is 0 Å². The quantitative estimate of drug-likeness (QED) is 0.290. The summed E-state index contributed by atoms with van der Waals surface area (Å²) < 4.78 is 6.08. The molecule has 0 aromatic heterocycles. The van der Waals surface area contributed by atoms with Gasteiger partial charge in [0.1, 0.15) is 12.4 Å². The first-order valence-corrected chi connectivity index (χ1v) is 12.9. The Morgan fingerprint density at radius 1 is 0.861 bits per heavy atom. The van der Waals surface area contributed by atoms with Crippen molar-refractivity contribution in [3.05, 3.63) is 113 Å². The molecule has 1 saturated heterocycles. The third kappa shape index (κ3) is 6.75. The van der Waals surface area contributed by atoms with Gasteiger partial charge in [-0.05, 0) is 92.5 Å². The molecule has 0 atom stereocenters. The lowest BCUT2D eigenvalue weighted by molar-refractivity contribution is 0.237. The molecule has 3 aromatic carbocycles. The van der Waals surface area contributed by atoms with Crippen LogP contribution in [0.3, 0.4) is 0 Å². The Labute approximate surface area is 216 Å². The SMILES string of the molecule is C=C(C)c1ccc(C)c(N=C(C)c2ccc(Cc3cccc(OCC(=C)N4CCCCC4)c3)cc2)c1. The highest BCUT2D eigenvalue weighted by molar-refractivity contribution is 6.00. The number of hydrogen-bond donors (Lipinski definition) is 0. The number of ether oxygens (including phenoxy) is 1. The highest BCUT2D eigenvalue weighted by atomic mass is 16.5. The molecule has 0 radical (unpaired) electrons. The number of piperidine rings is 1. The van der Waals surface area contributed by atoms with Crippen molar-refractivity contribution in [2.45, 2.75) is 46.5 Å². The van der Waals surface area contributed by atoms with Gasteiger partial charge in [-0.3, -0.25) is 4.99 Å². The van der Waals surface area contributed by atoms with E-state index >= 15 is 0 Å². The van der Waals surface area contributed by atoms with Gasteiger partial charge >= 0.3 is 0 Å². The van der Waals surface area contributed by atoms with Gasteiger partial charge in [-0.2, -0.15) is 0 Å². The maximum absolute atomic E-state index is 6.08. The zero-order valence-corrected chi connectivity index (χ0v) is 22.0. The minimum Gasteiger partial charge on any atom is -0.487 e. The normalized spacial score (nSPS) is 14.0. The average molecular weight is 479 g/mol. The molecule has 3 aromatic rings. The maximum atomic E-state index is 6.08. The van der Waals surface area contributed by atoms with Gasteiger partial charge in [0, 0.05) is 24.5 Å². The van der Waals surface area contributed by atoms with E-state index in [9.17, 15) is 0 Å². The van der Waals surface area contributed by atoms with Crippen molar-refractivity contribution in [1.82, 2.24) is 4.90 Å². The molecule has 0 saturated carbocycles. The van der Waals surface area contributed by atoms with Crippen LogP contribution in [0.1, 0.15) is 60.9 Å². The van der Waals surface area contributed by atoms with Crippen LogP contribution in [0.25, 0.3) is 5.57 Å². The molecule has 0 bridgehead atoms. The van der Waals surface area contributed by atoms with Gasteiger partial charge in [0.2, 0.25) is 0 Å². The zero-order chi connectivity index (χ0) is 25.5. The molecule has 3 heteroatoms. The third-order valence-electron chi connectivity index (χ3n) is 6.88. The molecule has 3 nitrogen and oxygen atoms in total. The standard InChI is InChI=1S/C33H38N2O/c1-24(2)31-15-12-25(3)33(22-31)34-27(5)30-16-13-28(14-17-30)20-29-10-9-11-32(21-29)36-23-26(4)35-18-7-6-8-19-35/h9-17,21-22H,1,4,6-8,18-20,23H2,2-3,5H3. The molecule has 1 fully saturated rings. The summed E-state index contributed by atoms with van der Waals surface area (Å²) >= 11 is 0. The van der Waals surface area contributed by atoms with E-state index in [4.69, 9.17) is 9.73 Å². The summed E-state index contributed by atoms with van der Waals surface area (Å²) in [5.41, 5.74) is 10.1. The Balaban J connectivity index is 1.38. The number of nitrogens with zero attached hydrogens (tertiary/aromatic N) is 2. The van der Waals surface area contributed by atoms with Crippen molar-refractivity contribution in [2.24, 2.45) is 4.99 Å². The number of likely N-dealkylation sites (tertiary alicyclic amines) is 1. The van der Waals surface area contributed by atoms with Crippen LogP contribution < -0.4 is 4.74 Å². The van der Waals surface area contributed by atoms with Gasteiger partial charge in [-0.25, -0.2) is 0 Å². The van der Waals surface area contributed by atoms with Gasteiger partial charge in [-0.1, -0.05) is 67.3 Å². The maximum Gasteiger partial charge on any atom is 0.127 e. The summed E-state index contributed by atoms with van der Waals surface area (Å²) in [5, 5.41) is 0. The van der Waals surface area contributed by atoms with Gasteiger partial charge in [0.25, 0.3) is 0 Å². The van der Waals surface area contributed by atoms with Crippen LogP contribution in [0.5, 0.6) is 5.75 Å². The monoisotopic (exact) mass is 478 g/mol. The molecule has 1 aliphatic rings. The summed E-state index contributed by atoms with van der Waals surface area (Å²) in [6, 6.07) is 23.4. The van der Waals surface area contributed by atoms with Gasteiger partial charge in [-0.15, -0.1) is 0 Å². The van der Waals surface area contributed by atoms with Crippen LogP contribution in [-0.2, 0) is 6.42 Å². The molecule has 0 N–H and O–H groups in total. The molecule has 1 aliphatic heterocycles. The predicted octanol–water partition coefficient (Wildman–Crippen LogP) is 8.14. The fraction of sp³-hybridized carbons (Fsp3) is 0.303. The number of benzene rings is 3. The van der Waals surface area contributed by atoms with Crippen LogP contribution in [0.4, 0.5) is 5.69 Å². The summed E-state index contributed by atoms with van der Waals surface area (Å²) in [5.74, 6) is 0.901. The number of aryl methyl sites for hydroxylation is 1. The Hall–Kier alpha value is -3.59. The number of rotatable bonds is 9. The smallest absolute Gasteiger partial charge is 0.127 e. The van der Waals surface area contributed by atoms with Crippen LogP contribution in [-0.4, -0.2) is 30.3 Å². The first kappa shape index (κ1) is 25.5. The van der Waals surface area contributed by atoms with E-state index in [2.05, 4.69) is 92.6 Å². The molecule has 0 aliphatic carbocycles. The topological polar surface area (TPSA) is 24.8 Å². The highest BCUT2D eigenvalue weighted by Gasteiger charge is 2.12. The van der Waals surface area contributed by atoms with E-state index in [1.54, 1.807) is 0 Å². The largest absolute Gasteiger partial charge is 0.487 e. The molecule has 186 valence electrons. The average Bonchev–Trinajstić information content (AvgIpc) is 2.89. The Bertz CT molecular complexity index is 1250. The summed E-state index contributed by atoms with van der Waals surface area (Å²) in [7, 11) is 0. The van der Waals surface area contributed by atoms with Crippen molar-refractivity contribution in [1.29, 1.82) is 0 Å². The number of allylic oxidation sites excluding steroid dienone is 1. The van der Waals surface area contributed by atoms with Crippen LogP contribution >= 0.6 is 0 Å². The Kier molecular flexibility index (Phi) is 8.43. The molecule has 1 heterocycles. The first-order valence-electron chi connectivity index (χ1n) is 12.9. The lowest BCUT2D eigenvalue weighted by Gasteiger charge is -2.30. The molecular formula is C33H38N2O. The molecule has 0 amide bonds. The molecular weight excluding hydrogens is 440 g/mol. The zero-order valence-electron chi connectivity index (χ0n) is 22.0. The van der Waals surface area contributed by atoms with E-state index in [0.29, 0.717) is 6.61 Å². The van der Waals surface area contributed by atoms with Crippen LogP contribution in [0.2, 0.25) is 0 Å². The molecule has 0 spiro atoms. The number of hydrogen-bond acceptors (Lipinski definition) is 3. The van der Waals surface area contributed by atoms with Crippen molar-refractivity contribution < 1.29 is 4.74 Å². The Morgan fingerprint density at radius 3 is 2.31 bits per heavy atom. The lowest BCUT2D eigenvalue weighted by Crippen LogP contribution is -2.31. The van der Waals surface area contributed by atoms with E-state index in [1.807, 2.05) is 13.0 Å². The predicted molar refractivity (Wildman–Crippen MR) is 154 cm³/mol. The van der Waals surface area contributed by atoms with Gasteiger partial charge < -0.3 is 9.64 Å². The summed E-state index contributed by atoms with van der Waals surface area (Å²) in [4.78, 5) is 7.27. The second kappa shape index (κ2) is 11.9. The van der Waals surface area contributed by atoms with Crippen LogP contribution in [0, 0.1) is 6.92 Å². The molecule has 0 unspecified atom stereocenters. The Morgan fingerprint density at radius 2 is 1.58 bits per heavy atom. The first-order chi connectivity index (χ1) is 17.4. The van der Waals surface area contributed by atoms with E-state index < -0.39 is 0 Å². The summed E-state index contributed by atoms with van der Waals surface area (Å²) in [6.07, 6.45) is 4.69. The second-order valence-corrected chi connectivity index (χ2v) is 9.90. The van der Waals surface area contributed by atoms with E-state index in [-0.39, 0.29) is 0 Å². The third-order valence-corrected chi connectivity index (χ3v) is 6.88. The van der Waals surface area contributed by atoms with Crippen molar-refractivity contribution in [3.8, 4) is 5.75 Å². The van der Waals surface area contributed by atoms with Crippen molar-refractivity contribution in [2.75, 3.05) is 19.7 Å². The van der Waals surface area contributed by atoms with E-state index in [0.717, 1.165) is 64.6 Å². The minimum absolute atomic E-state index is 0.547. The minimum atomic E-state index is 0.547. The number of aliphatic imine (C=N–C) groups is 1. The lowest BCUT2D eigenvalue weighted by atomic mass is 10.0. The van der Waals surface area contributed by atoms with Gasteiger partial charge in [0.05, 0.1) is 5.69 Å². The summed E-state index contributed by atoms with van der Waals surface area (Å²) in [6.45, 7) is 17.2. The van der Waals surface area contributed by atoms with Gasteiger partial charge in [0.15, 0.2) is 0 Å². The van der Waals surface area contributed by atoms with E-state index in [1.165, 1.54) is 30.4 Å². The fourth-order valence-electron chi connectivity index (χ4n) is 4.55. The van der Waals surface area contributed by atoms with Crippen LogP contribution in [0.15, 0.2) is 90.6 Å². The molecule has 36 heavy (non-hydrogen) atoms. The fourth-order valence-corrected chi connectivity index (χ4v) is 4.55. The highest BCUT2D eigenvalue weighted by Crippen LogP contribution is 2.25.